The van der Waals surface area contributed by atoms with Crippen LogP contribution >= 0.6 is 0 Å². The van der Waals surface area contributed by atoms with Gasteiger partial charge in [0.05, 0.1) is 0 Å². The molecule has 2 heterocycles. The van der Waals surface area contributed by atoms with Crippen LogP contribution in [0.25, 0.3) is 0 Å². The highest BCUT2D eigenvalue weighted by molar-refractivity contribution is 4.92. The number of rotatable bonds is 5. The van der Waals surface area contributed by atoms with Gasteiger partial charge in [0.2, 0.25) is 0 Å². The molecule has 0 aromatic rings. The second-order valence-electron chi connectivity index (χ2n) is 12.9. The molecular formula is C25H51N3. The maximum atomic E-state index is 2.76. The van der Waals surface area contributed by atoms with Gasteiger partial charge in [-0.3, -0.25) is 14.7 Å². The number of piperazine rings is 1. The summed E-state index contributed by atoms with van der Waals surface area (Å²) in [7, 11) is 0. The molecule has 0 aromatic heterocycles. The van der Waals surface area contributed by atoms with E-state index in [-0.39, 0.29) is 0 Å². The van der Waals surface area contributed by atoms with Gasteiger partial charge in [-0.05, 0) is 105 Å². The predicted molar refractivity (Wildman–Crippen MR) is 124 cm³/mol. The van der Waals surface area contributed by atoms with Crippen molar-refractivity contribution in [3.63, 3.8) is 0 Å². The Morgan fingerprint density at radius 1 is 0.536 bits per heavy atom. The molecule has 0 atom stereocenters. The van der Waals surface area contributed by atoms with Gasteiger partial charge >= 0.3 is 0 Å². The molecule has 2 saturated heterocycles. The number of likely N-dealkylation sites (tertiary alicyclic amines) is 1. The summed E-state index contributed by atoms with van der Waals surface area (Å²) >= 11 is 0. The molecule has 2 aliphatic heterocycles. The fourth-order valence-corrected chi connectivity index (χ4v) is 5.30. The monoisotopic (exact) mass is 393 g/mol. The van der Waals surface area contributed by atoms with Crippen LogP contribution in [-0.4, -0.2) is 70.6 Å². The fraction of sp³-hybridized carbons (Fsp3) is 1.00. The third kappa shape index (κ3) is 6.19. The van der Waals surface area contributed by atoms with Gasteiger partial charge in [-0.15, -0.1) is 0 Å². The van der Waals surface area contributed by atoms with Crippen LogP contribution in [0.5, 0.6) is 0 Å². The second-order valence-corrected chi connectivity index (χ2v) is 12.9. The van der Waals surface area contributed by atoms with Crippen LogP contribution in [0.15, 0.2) is 0 Å². The van der Waals surface area contributed by atoms with Crippen LogP contribution in [-0.2, 0) is 0 Å². The first-order valence-corrected chi connectivity index (χ1v) is 11.9. The highest BCUT2D eigenvalue weighted by Gasteiger charge is 2.38. The zero-order valence-corrected chi connectivity index (χ0v) is 21.0. The molecule has 0 saturated carbocycles. The lowest BCUT2D eigenvalue weighted by molar-refractivity contribution is -0.000882. The molecule has 0 bridgehead atoms. The van der Waals surface area contributed by atoms with Gasteiger partial charge in [-0.1, -0.05) is 13.8 Å². The first-order valence-electron chi connectivity index (χ1n) is 11.9. The number of nitrogens with zero attached hydrogens (tertiary/aromatic N) is 3. The van der Waals surface area contributed by atoms with Gasteiger partial charge in [-0.25, -0.2) is 0 Å². The van der Waals surface area contributed by atoms with Crippen LogP contribution in [0.1, 0.15) is 94.9 Å². The quantitative estimate of drug-likeness (QED) is 0.611. The van der Waals surface area contributed by atoms with Crippen molar-refractivity contribution in [2.24, 2.45) is 11.3 Å². The van der Waals surface area contributed by atoms with E-state index < -0.39 is 0 Å². The Morgan fingerprint density at radius 3 is 1.36 bits per heavy atom. The maximum Gasteiger partial charge on any atom is 0.0154 e. The van der Waals surface area contributed by atoms with Crippen LogP contribution in [0.2, 0.25) is 0 Å². The number of hydrogen-bond donors (Lipinski definition) is 0. The minimum absolute atomic E-state index is 0.306. The summed E-state index contributed by atoms with van der Waals surface area (Å²) in [5, 5.41) is 0. The molecule has 2 aliphatic rings. The summed E-state index contributed by atoms with van der Waals surface area (Å²) in [5.41, 5.74) is 1.40. The molecule has 0 spiro atoms. The van der Waals surface area contributed by atoms with Gasteiger partial charge in [0.15, 0.2) is 0 Å². The highest BCUT2D eigenvalue weighted by Crippen LogP contribution is 2.41. The van der Waals surface area contributed by atoms with E-state index in [1.807, 2.05) is 0 Å². The summed E-state index contributed by atoms with van der Waals surface area (Å²) in [5.74, 6) is 0.875. The minimum Gasteiger partial charge on any atom is -0.298 e. The van der Waals surface area contributed by atoms with Gasteiger partial charge < -0.3 is 0 Å². The van der Waals surface area contributed by atoms with Crippen molar-refractivity contribution in [1.29, 1.82) is 0 Å². The molecule has 3 nitrogen and oxygen atoms in total. The van der Waals surface area contributed by atoms with E-state index in [0.29, 0.717) is 22.0 Å². The molecule has 0 N–H and O–H groups in total. The zero-order valence-electron chi connectivity index (χ0n) is 21.0. The predicted octanol–water partition coefficient (Wildman–Crippen LogP) is 5.50. The summed E-state index contributed by atoms with van der Waals surface area (Å²) in [6.07, 6.45) is 5.40. The zero-order chi connectivity index (χ0) is 21.4. The van der Waals surface area contributed by atoms with Crippen molar-refractivity contribution in [1.82, 2.24) is 14.7 Å². The van der Waals surface area contributed by atoms with E-state index in [1.54, 1.807) is 0 Å². The topological polar surface area (TPSA) is 9.72 Å². The Labute approximate surface area is 177 Å². The van der Waals surface area contributed by atoms with Crippen molar-refractivity contribution in [2.45, 2.75) is 112 Å². The van der Waals surface area contributed by atoms with Crippen molar-refractivity contribution in [3.05, 3.63) is 0 Å². The van der Waals surface area contributed by atoms with E-state index >= 15 is 0 Å². The van der Waals surface area contributed by atoms with Crippen LogP contribution in [0.4, 0.5) is 0 Å². The minimum atomic E-state index is 0.306. The Hall–Kier alpha value is -0.120. The van der Waals surface area contributed by atoms with Gasteiger partial charge in [-0.2, -0.15) is 0 Å². The molecule has 0 unspecified atom stereocenters. The molecule has 0 radical (unpaired) electrons. The molecule has 28 heavy (non-hydrogen) atoms. The van der Waals surface area contributed by atoms with Crippen LogP contribution in [0, 0.1) is 11.3 Å². The third-order valence-corrected chi connectivity index (χ3v) is 8.01. The molecule has 166 valence electrons. The largest absolute Gasteiger partial charge is 0.298 e. The van der Waals surface area contributed by atoms with Crippen molar-refractivity contribution < 1.29 is 0 Å². The van der Waals surface area contributed by atoms with E-state index in [0.717, 1.165) is 5.92 Å². The molecule has 3 heteroatoms. The van der Waals surface area contributed by atoms with Gasteiger partial charge in [0.25, 0.3) is 0 Å². The molecule has 2 rings (SSSR count). The van der Waals surface area contributed by atoms with E-state index in [9.17, 15) is 0 Å². The number of piperidine rings is 1. The second kappa shape index (κ2) is 8.55. The molecule has 0 aliphatic carbocycles. The van der Waals surface area contributed by atoms with Gasteiger partial charge in [0.1, 0.15) is 0 Å². The first kappa shape index (κ1) is 24.2. The van der Waals surface area contributed by atoms with Crippen molar-refractivity contribution in [3.8, 4) is 0 Å². The summed E-state index contributed by atoms with van der Waals surface area (Å²) in [6, 6.07) is 0. The average Bonchev–Trinajstić information content (AvgIpc) is 2.59. The summed E-state index contributed by atoms with van der Waals surface area (Å²) < 4.78 is 0. The summed E-state index contributed by atoms with van der Waals surface area (Å²) in [6.45, 7) is 31.6. The lowest BCUT2D eigenvalue weighted by Crippen LogP contribution is -2.58. The lowest BCUT2D eigenvalue weighted by Gasteiger charge is -2.49. The third-order valence-electron chi connectivity index (χ3n) is 8.01. The Morgan fingerprint density at radius 2 is 0.929 bits per heavy atom. The first-order chi connectivity index (χ1) is 12.6. The van der Waals surface area contributed by atoms with Crippen molar-refractivity contribution >= 4 is 0 Å². The SMILES string of the molecule is CC(C)(CCC(C)(C)N1CCN(C(C)(C)C)CC1)C1CCN(C(C)(C)C)CC1. The number of hydrogen-bond acceptors (Lipinski definition) is 3. The Kier molecular flexibility index (Phi) is 7.38. The molecule has 2 fully saturated rings. The van der Waals surface area contributed by atoms with Crippen LogP contribution < -0.4 is 0 Å². The van der Waals surface area contributed by atoms with E-state index in [4.69, 9.17) is 0 Å². The van der Waals surface area contributed by atoms with Crippen molar-refractivity contribution in [2.75, 3.05) is 39.3 Å². The fourth-order valence-electron chi connectivity index (χ4n) is 5.30. The normalized spacial score (nSPS) is 23.4. The lowest BCUT2D eigenvalue weighted by atomic mass is 9.69. The van der Waals surface area contributed by atoms with E-state index in [1.165, 1.54) is 65.0 Å². The Bertz CT molecular complexity index is 433. The standard InChI is InChI=1S/C25H51N3/c1-22(2,3)26-15-11-21(12-16-26)24(7,8)13-14-25(9,10)28-19-17-27(18-20-28)23(4,5)6/h21H,11-20H2,1-10H3. The summed E-state index contributed by atoms with van der Waals surface area (Å²) in [4.78, 5) is 8.08. The van der Waals surface area contributed by atoms with Gasteiger partial charge in [0, 0.05) is 42.8 Å². The smallest absolute Gasteiger partial charge is 0.0154 e. The molecular weight excluding hydrogens is 342 g/mol. The van der Waals surface area contributed by atoms with Crippen LogP contribution in [0.3, 0.4) is 0 Å². The maximum absolute atomic E-state index is 2.76. The Balaban J connectivity index is 1.85. The average molecular weight is 394 g/mol. The van der Waals surface area contributed by atoms with E-state index in [2.05, 4.69) is 83.9 Å². The molecule has 0 aromatic carbocycles. The highest BCUT2D eigenvalue weighted by atomic mass is 15.3. The molecule has 0 amide bonds.